The van der Waals surface area contributed by atoms with E-state index < -0.39 is 0 Å². The van der Waals surface area contributed by atoms with Crippen molar-refractivity contribution in [1.29, 1.82) is 0 Å². The Labute approximate surface area is 137 Å². The van der Waals surface area contributed by atoms with Crippen molar-refractivity contribution in [2.45, 2.75) is 39.2 Å². The van der Waals surface area contributed by atoms with Gasteiger partial charge in [0.2, 0.25) is 5.91 Å². The highest BCUT2D eigenvalue weighted by Crippen LogP contribution is 2.49. The number of hydrogen-bond donors (Lipinski definition) is 0. The van der Waals surface area contributed by atoms with Crippen LogP contribution in [0.3, 0.4) is 0 Å². The normalized spacial score (nSPS) is 22.7. The van der Waals surface area contributed by atoms with E-state index in [1.54, 1.807) is 21.8 Å². The van der Waals surface area contributed by atoms with Crippen LogP contribution in [0.4, 0.5) is 0 Å². The molecule has 1 spiro atoms. The summed E-state index contributed by atoms with van der Waals surface area (Å²) in [4.78, 5) is 29.1. The molecule has 1 aliphatic carbocycles. The van der Waals surface area contributed by atoms with Gasteiger partial charge < -0.3 is 9.80 Å². The van der Waals surface area contributed by atoms with Crippen molar-refractivity contribution >= 4 is 11.8 Å². The van der Waals surface area contributed by atoms with Gasteiger partial charge in [0, 0.05) is 45.3 Å². The van der Waals surface area contributed by atoms with Crippen molar-refractivity contribution < 1.29 is 9.59 Å². The Kier molecular flexibility index (Phi) is 4.17. The Bertz CT molecular complexity index is 601. The van der Waals surface area contributed by atoms with Crippen LogP contribution in [0.2, 0.25) is 0 Å². The fourth-order valence-corrected chi connectivity index (χ4v) is 4.29. The average molecular weight is 318 g/mol. The van der Waals surface area contributed by atoms with Crippen molar-refractivity contribution in [2.75, 3.05) is 27.2 Å². The summed E-state index contributed by atoms with van der Waals surface area (Å²) in [6.45, 7) is 3.88. The minimum Gasteiger partial charge on any atom is -0.349 e. The van der Waals surface area contributed by atoms with E-state index in [9.17, 15) is 9.59 Å². The predicted octanol–water partition coefficient (Wildman–Crippen LogP) is 1.62. The van der Waals surface area contributed by atoms with Gasteiger partial charge in [-0.05, 0) is 25.8 Å². The molecular formula is C17H26N4O2. The molecule has 1 aliphatic heterocycles. The molecule has 2 amide bonds. The van der Waals surface area contributed by atoms with Crippen LogP contribution in [0.1, 0.15) is 43.1 Å². The molecule has 1 aromatic heterocycles. The van der Waals surface area contributed by atoms with E-state index in [0.717, 1.165) is 25.7 Å². The minimum absolute atomic E-state index is 0.00433. The zero-order valence-electron chi connectivity index (χ0n) is 14.3. The highest BCUT2D eigenvalue weighted by molar-refractivity contribution is 5.93. The van der Waals surface area contributed by atoms with Gasteiger partial charge in [-0.3, -0.25) is 14.3 Å². The third kappa shape index (κ3) is 2.64. The monoisotopic (exact) mass is 318 g/mol. The average Bonchev–Trinajstić information content (AvgIpc) is 3.26. The summed E-state index contributed by atoms with van der Waals surface area (Å²) in [5, 5.41) is 4.19. The summed E-state index contributed by atoms with van der Waals surface area (Å²) < 4.78 is 1.73. The first-order valence-electron chi connectivity index (χ1n) is 8.51. The number of carbonyl (C=O) groups is 2. The Morgan fingerprint density at radius 2 is 2.04 bits per heavy atom. The Morgan fingerprint density at radius 1 is 1.35 bits per heavy atom. The fourth-order valence-electron chi connectivity index (χ4n) is 4.29. The van der Waals surface area contributed by atoms with Crippen LogP contribution in [0, 0.1) is 11.3 Å². The molecule has 2 fully saturated rings. The van der Waals surface area contributed by atoms with E-state index in [-0.39, 0.29) is 23.1 Å². The summed E-state index contributed by atoms with van der Waals surface area (Å²) in [5.74, 6) is 0.0952. The maximum atomic E-state index is 12.9. The summed E-state index contributed by atoms with van der Waals surface area (Å²) in [6.07, 6.45) is 6.08. The molecule has 0 bridgehead atoms. The molecule has 0 aromatic carbocycles. The highest BCUT2D eigenvalue weighted by atomic mass is 16.2. The number of nitrogens with zero attached hydrogens (tertiary/aromatic N) is 4. The molecule has 6 heteroatoms. The van der Waals surface area contributed by atoms with Crippen LogP contribution < -0.4 is 0 Å². The van der Waals surface area contributed by atoms with Gasteiger partial charge in [0.25, 0.3) is 5.91 Å². The van der Waals surface area contributed by atoms with Gasteiger partial charge in [-0.25, -0.2) is 0 Å². The molecule has 1 atom stereocenters. The molecule has 0 N–H and O–H groups in total. The summed E-state index contributed by atoms with van der Waals surface area (Å²) in [5.41, 5.74) is 0.604. The van der Waals surface area contributed by atoms with Crippen molar-refractivity contribution in [3.63, 3.8) is 0 Å². The topological polar surface area (TPSA) is 58.4 Å². The maximum absolute atomic E-state index is 12.9. The van der Waals surface area contributed by atoms with Gasteiger partial charge in [-0.2, -0.15) is 5.10 Å². The first kappa shape index (κ1) is 16.0. The first-order valence-corrected chi connectivity index (χ1v) is 8.51. The lowest BCUT2D eigenvalue weighted by Gasteiger charge is -2.30. The van der Waals surface area contributed by atoms with E-state index in [2.05, 4.69) is 5.10 Å². The molecule has 1 unspecified atom stereocenters. The molecule has 0 radical (unpaired) electrons. The molecule has 1 aromatic rings. The van der Waals surface area contributed by atoms with E-state index in [4.69, 9.17) is 0 Å². The van der Waals surface area contributed by atoms with Gasteiger partial charge in [-0.1, -0.05) is 12.8 Å². The van der Waals surface area contributed by atoms with Crippen molar-refractivity contribution in [3.05, 3.63) is 18.0 Å². The van der Waals surface area contributed by atoms with Crippen LogP contribution in [0.15, 0.2) is 12.3 Å². The summed E-state index contributed by atoms with van der Waals surface area (Å²) >= 11 is 0. The lowest BCUT2D eigenvalue weighted by Crippen LogP contribution is -2.39. The molecular weight excluding hydrogens is 292 g/mol. The van der Waals surface area contributed by atoms with Crippen LogP contribution in [-0.2, 0) is 11.3 Å². The van der Waals surface area contributed by atoms with Gasteiger partial charge in [0.1, 0.15) is 5.69 Å². The fraction of sp³-hybridized carbons (Fsp3) is 0.706. The molecule has 1 saturated carbocycles. The van der Waals surface area contributed by atoms with Gasteiger partial charge >= 0.3 is 0 Å². The third-order valence-corrected chi connectivity index (χ3v) is 5.51. The largest absolute Gasteiger partial charge is 0.349 e. The number of aryl methyl sites for hydroxylation is 1. The second-order valence-corrected chi connectivity index (χ2v) is 7.07. The molecule has 2 heterocycles. The van der Waals surface area contributed by atoms with Gasteiger partial charge in [0.05, 0.1) is 5.92 Å². The smallest absolute Gasteiger partial charge is 0.272 e. The number of amides is 2. The van der Waals surface area contributed by atoms with E-state index >= 15 is 0 Å². The molecule has 2 aliphatic rings. The molecule has 6 nitrogen and oxygen atoms in total. The van der Waals surface area contributed by atoms with Gasteiger partial charge in [0.15, 0.2) is 0 Å². The van der Waals surface area contributed by atoms with Crippen molar-refractivity contribution in [2.24, 2.45) is 11.3 Å². The van der Waals surface area contributed by atoms with E-state index in [1.165, 1.54) is 0 Å². The SMILES string of the molecule is CCn1nccc1C(=O)N1CC(C(=O)N(C)C)C2(CCCC2)C1. The summed E-state index contributed by atoms with van der Waals surface area (Å²) in [6, 6.07) is 1.77. The van der Waals surface area contributed by atoms with Crippen molar-refractivity contribution in [1.82, 2.24) is 19.6 Å². The third-order valence-electron chi connectivity index (χ3n) is 5.51. The number of carbonyl (C=O) groups excluding carboxylic acids is 2. The first-order chi connectivity index (χ1) is 11.0. The highest BCUT2D eigenvalue weighted by Gasteiger charge is 2.52. The maximum Gasteiger partial charge on any atom is 0.272 e. The number of aromatic nitrogens is 2. The number of rotatable bonds is 3. The Balaban J connectivity index is 1.85. The lowest BCUT2D eigenvalue weighted by molar-refractivity contribution is -0.135. The van der Waals surface area contributed by atoms with E-state index in [1.807, 2.05) is 25.9 Å². The van der Waals surface area contributed by atoms with Gasteiger partial charge in [-0.15, -0.1) is 0 Å². The molecule has 3 rings (SSSR count). The van der Waals surface area contributed by atoms with Crippen LogP contribution >= 0.6 is 0 Å². The second kappa shape index (κ2) is 5.98. The Morgan fingerprint density at radius 3 is 2.65 bits per heavy atom. The molecule has 1 saturated heterocycles. The zero-order chi connectivity index (χ0) is 16.6. The summed E-state index contributed by atoms with van der Waals surface area (Å²) in [7, 11) is 3.61. The zero-order valence-corrected chi connectivity index (χ0v) is 14.3. The number of hydrogen-bond acceptors (Lipinski definition) is 3. The molecule has 23 heavy (non-hydrogen) atoms. The molecule has 126 valence electrons. The lowest BCUT2D eigenvalue weighted by atomic mass is 9.76. The standard InChI is InChI=1S/C17H26N4O2/c1-4-21-14(7-10-18-21)16(23)20-11-13(15(22)19(2)3)17(12-20)8-5-6-9-17/h7,10,13H,4-6,8-9,11-12H2,1-3H3. The predicted molar refractivity (Wildman–Crippen MR) is 86.9 cm³/mol. The van der Waals surface area contributed by atoms with E-state index in [0.29, 0.717) is 25.3 Å². The Hall–Kier alpha value is -1.85. The minimum atomic E-state index is -0.0676. The quantitative estimate of drug-likeness (QED) is 0.851. The van der Waals surface area contributed by atoms with Crippen molar-refractivity contribution in [3.8, 4) is 0 Å². The van der Waals surface area contributed by atoms with Crippen LogP contribution in [0.5, 0.6) is 0 Å². The van der Waals surface area contributed by atoms with Crippen LogP contribution in [-0.4, -0.2) is 58.6 Å². The second-order valence-electron chi connectivity index (χ2n) is 7.07. The van der Waals surface area contributed by atoms with Crippen LogP contribution in [0.25, 0.3) is 0 Å². The number of likely N-dealkylation sites (tertiary alicyclic amines) is 1.